The number of esters is 1. The molecule has 0 heterocycles. The van der Waals surface area contributed by atoms with Crippen LogP contribution in [-0.4, -0.2) is 52.4 Å². The quantitative estimate of drug-likeness (QED) is 0.259. The minimum Gasteiger partial charge on any atom is -0.469 e. The van der Waals surface area contributed by atoms with Gasteiger partial charge in [-0.1, -0.05) is 12.8 Å². The highest BCUT2D eigenvalue weighted by atomic mass is 16.5. The lowest BCUT2D eigenvalue weighted by Crippen LogP contribution is -2.39. The smallest absolute Gasteiger partial charge is 0.305 e. The summed E-state index contributed by atoms with van der Waals surface area (Å²) in [5, 5.41) is 6.43. The maximum atomic E-state index is 10.9. The van der Waals surface area contributed by atoms with Crippen molar-refractivity contribution in [2.45, 2.75) is 39.0 Å². The zero-order valence-corrected chi connectivity index (χ0v) is 13.0. The number of hydrogen-bond donors (Lipinski definition) is 2. The predicted molar refractivity (Wildman–Crippen MR) is 81.0 cm³/mol. The normalized spacial score (nSPS) is 11.2. The zero-order chi connectivity index (χ0) is 15.1. The van der Waals surface area contributed by atoms with Gasteiger partial charge in [-0.25, -0.2) is 0 Å². The molecule has 20 heavy (non-hydrogen) atoms. The average molecular weight is 287 g/mol. The molecule has 0 spiro atoms. The topological polar surface area (TPSA) is 72.0 Å². The van der Waals surface area contributed by atoms with Crippen LogP contribution in [0.1, 0.15) is 39.0 Å². The average Bonchev–Trinajstić information content (AvgIpc) is 2.48. The van der Waals surface area contributed by atoms with Crippen LogP contribution < -0.4 is 10.6 Å². The number of guanidine groups is 1. The number of hydrogen-bond acceptors (Lipinski definition) is 4. The molecule has 118 valence electrons. The number of nitrogens with zero attached hydrogens (tertiary/aromatic N) is 1. The summed E-state index contributed by atoms with van der Waals surface area (Å²) in [5.41, 5.74) is 0. The van der Waals surface area contributed by atoms with Crippen LogP contribution in [0.15, 0.2) is 4.99 Å². The molecule has 0 saturated carbocycles. The van der Waals surface area contributed by atoms with Crippen molar-refractivity contribution in [1.29, 1.82) is 0 Å². The molecule has 0 aromatic rings. The SMILES string of the molecule is CCOCCNC(=NC)NCCCCCCC(=O)OC. The van der Waals surface area contributed by atoms with Crippen molar-refractivity contribution in [2.75, 3.05) is 40.5 Å². The molecule has 0 saturated heterocycles. The van der Waals surface area contributed by atoms with E-state index in [0.717, 1.165) is 51.3 Å². The molecule has 0 aliphatic rings. The van der Waals surface area contributed by atoms with E-state index >= 15 is 0 Å². The fourth-order valence-corrected chi connectivity index (χ4v) is 1.66. The fourth-order valence-electron chi connectivity index (χ4n) is 1.66. The first kappa shape index (κ1) is 18.7. The molecule has 0 rings (SSSR count). The molecule has 6 nitrogen and oxygen atoms in total. The Kier molecular flexibility index (Phi) is 13.2. The number of nitrogens with one attached hydrogen (secondary N) is 2. The molecule has 6 heteroatoms. The van der Waals surface area contributed by atoms with E-state index in [-0.39, 0.29) is 5.97 Å². The van der Waals surface area contributed by atoms with E-state index in [4.69, 9.17) is 4.74 Å². The van der Waals surface area contributed by atoms with Crippen LogP contribution in [0.5, 0.6) is 0 Å². The summed E-state index contributed by atoms with van der Waals surface area (Å²) in [4.78, 5) is 15.0. The summed E-state index contributed by atoms with van der Waals surface area (Å²) in [6.07, 6.45) is 4.62. The summed E-state index contributed by atoms with van der Waals surface area (Å²) in [6, 6.07) is 0. The number of unbranched alkanes of at least 4 members (excludes halogenated alkanes) is 3. The molecule has 0 aliphatic heterocycles. The first-order valence-electron chi connectivity index (χ1n) is 7.33. The fraction of sp³-hybridized carbons (Fsp3) is 0.857. The van der Waals surface area contributed by atoms with Crippen LogP contribution in [-0.2, 0) is 14.3 Å². The van der Waals surface area contributed by atoms with Crippen LogP contribution >= 0.6 is 0 Å². The van der Waals surface area contributed by atoms with E-state index in [1.165, 1.54) is 7.11 Å². The van der Waals surface area contributed by atoms with Crippen LogP contribution in [0, 0.1) is 0 Å². The summed E-state index contributed by atoms with van der Waals surface area (Å²) >= 11 is 0. The van der Waals surface area contributed by atoms with Crippen molar-refractivity contribution in [3.05, 3.63) is 0 Å². The van der Waals surface area contributed by atoms with Crippen LogP contribution in [0.25, 0.3) is 0 Å². The van der Waals surface area contributed by atoms with E-state index in [1.54, 1.807) is 7.05 Å². The van der Waals surface area contributed by atoms with Crippen LogP contribution in [0.3, 0.4) is 0 Å². The molecule has 0 fully saturated rings. The first-order valence-corrected chi connectivity index (χ1v) is 7.33. The Morgan fingerprint density at radius 2 is 1.80 bits per heavy atom. The van der Waals surface area contributed by atoms with Crippen molar-refractivity contribution in [1.82, 2.24) is 10.6 Å². The Bertz CT molecular complexity index is 270. The van der Waals surface area contributed by atoms with Gasteiger partial charge in [-0.2, -0.15) is 0 Å². The van der Waals surface area contributed by atoms with E-state index in [9.17, 15) is 4.79 Å². The minimum absolute atomic E-state index is 0.123. The summed E-state index contributed by atoms with van der Waals surface area (Å²) in [7, 11) is 3.18. The van der Waals surface area contributed by atoms with Crippen molar-refractivity contribution in [2.24, 2.45) is 4.99 Å². The Morgan fingerprint density at radius 1 is 1.10 bits per heavy atom. The van der Waals surface area contributed by atoms with Crippen molar-refractivity contribution in [3.63, 3.8) is 0 Å². The van der Waals surface area contributed by atoms with Gasteiger partial charge in [-0.05, 0) is 19.8 Å². The van der Waals surface area contributed by atoms with Gasteiger partial charge in [0.25, 0.3) is 0 Å². The van der Waals surface area contributed by atoms with Gasteiger partial charge in [-0.3, -0.25) is 9.79 Å². The second kappa shape index (κ2) is 14.1. The molecule has 0 aliphatic carbocycles. The Labute approximate surface area is 122 Å². The van der Waals surface area contributed by atoms with E-state index < -0.39 is 0 Å². The summed E-state index contributed by atoms with van der Waals surface area (Å²) < 4.78 is 9.84. The lowest BCUT2D eigenvalue weighted by Gasteiger charge is -2.11. The van der Waals surface area contributed by atoms with Gasteiger partial charge < -0.3 is 20.1 Å². The number of carbonyl (C=O) groups excluding carboxylic acids is 1. The number of methoxy groups -OCH3 is 1. The molecule has 0 aromatic carbocycles. The molecule has 2 N–H and O–H groups in total. The van der Waals surface area contributed by atoms with Crippen LogP contribution in [0.2, 0.25) is 0 Å². The second-order valence-corrected chi connectivity index (χ2v) is 4.36. The molecule has 0 amide bonds. The Hall–Kier alpha value is -1.30. The van der Waals surface area contributed by atoms with Crippen molar-refractivity contribution >= 4 is 11.9 Å². The largest absolute Gasteiger partial charge is 0.469 e. The van der Waals surface area contributed by atoms with Gasteiger partial charge in [-0.15, -0.1) is 0 Å². The molecule has 0 unspecified atom stereocenters. The van der Waals surface area contributed by atoms with Gasteiger partial charge in [0.2, 0.25) is 0 Å². The van der Waals surface area contributed by atoms with Gasteiger partial charge in [0, 0.05) is 33.2 Å². The monoisotopic (exact) mass is 287 g/mol. The summed E-state index contributed by atoms with van der Waals surface area (Å²) in [5.74, 6) is 0.682. The lowest BCUT2D eigenvalue weighted by molar-refractivity contribution is -0.140. The van der Waals surface area contributed by atoms with Gasteiger partial charge in [0.1, 0.15) is 0 Å². The first-order chi connectivity index (χ1) is 9.74. The highest BCUT2D eigenvalue weighted by Gasteiger charge is 1.99. The summed E-state index contributed by atoms with van der Waals surface area (Å²) in [6.45, 7) is 5.04. The molecule has 0 aromatic heterocycles. The zero-order valence-electron chi connectivity index (χ0n) is 13.0. The maximum absolute atomic E-state index is 10.9. The second-order valence-electron chi connectivity index (χ2n) is 4.36. The number of ether oxygens (including phenoxy) is 2. The third kappa shape index (κ3) is 11.8. The van der Waals surface area contributed by atoms with E-state index in [1.807, 2.05) is 6.92 Å². The minimum atomic E-state index is -0.123. The standard InChI is InChI=1S/C14H29N3O3/c1-4-20-12-11-17-14(15-2)16-10-8-6-5-7-9-13(18)19-3/h4-12H2,1-3H3,(H2,15,16,17). The van der Waals surface area contributed by atoms with Gasteiger partial charge >= 0.3 is 5.97 Å². The van der Waals surface area contributed by atoms with Gasteiger partial charge in [0.15, 0.2) is 5.96 Å². The maximum Gasteiger partial charge on any atom is 0.305 e. The van der Waals surface area contributed by atoms with Crippen molar-refractivity contribution < 1.29 is 14.3 Å². The molecule has 0 radical (unpaired) electrons. The molecule has 0 atom stereocenters. The molecular formula is C14H29N3O3. The van der Waals surface area contributed by atoms with E-state index in [2.05, 4.69) is 20.4 Å². The Morgan fingerprint density at radius 3 is 2.45 bits per heavy atom. The molecular weight excluding hydrogens is 258 g/mol. The highest BCUT2D eigenvalue weighted by molar-refractivity contribution is 5.79. The lowest BCUT2D eigenvalue weighted by atomic mass is 10.1. The Balaban J connectivity index is 3.40. The third-order valence-corrected chi connectivity index (χ3v) is 2.79. The van der Waals surface area contributed by atoms with E-state index in [0.29, 0.717) is 13.0 Å². The number of carbonyl (C=O) groups is 1. The highest BCUT2D eigenvalue weighted by Crippen LogP contribution is 2.03. The third-order valence-electron chi connectivity index (χ3n) is 2.79. The predicted octanol–water partition coefficient (Wildman–Crippen LogP) is 1.31. The number of rotatable bonds is 11. The van der Waals surface area contributed by atoms with Crippen molar-refractivity contribution in [3.8, 4) is 0 Å². The number of aliphatic imine (C=N–C) groups is 1. The van der Waals surface area contributed by atoms with Gasteiger partial charge in [0.05, 0.1) is 13.7 Å². The van der Waals surface area contributed by atoms with Crippen LogP contribution in [0.4, 0.5) is 0 Å². The molecule has 0 bridgehead atoms.